The monoisotopic (exact) mass is 365 g/mol. The van der Waals surface area contributed by atoms with Gasteiger partial charge in [-0.15, -0.1) is 0 Å². The maximum absolute atomic E-state index is 12.5. The van der Waals surface area contributed by atoms with Crippen LogP contribution in [0.1, 0.15) is 51.4 Å². The van der Waals surface area contributed by atoms with Crippen molar-refractivity contribution in [2.75, 3.05) is 6.61 Å². The average Bonchev–Trinajstić information content (AvgIpc) is 2.55. The van der Waals surface area contributed by atoms with Crippen LogP contribution in [0.4, 0.5) is 0 Å². The summed E-state index contributed by atoms with van der Waals surface area (Å²) in [7, 11) is 0. The van der Waals surface area contributed by atoms with E-state index in [1.54, 1.807) is 39.0 Å². The van der Waals surface area contributed by atoms with Crippen molar-refractivity contribution in [1.82, 2.24) is 5.32 Å². The summed E-state index contributed by atoms with van der Waals surface area (Å²) in [5.41, 5.74) is -0.386. The molecule has 0 bridgehead atoms. The van der Waals surface area contributed by atoms with Crippen molar-refractivity contribution < 1.29 is 29.0 Å². The molecule has 2 N–H and O–H groups in total. The van der Waals surface area contributed by atoms with Gasteiger partial charge in [-0.2, -0.15) is 0 Å². The lowest BCUT2D eigenvalue weighted by atomic mass is 9.98. The Morgan fingerprint density at radius 3 is 2.42 bits per heavy atom. The largest absolute Gasteiger partial charge is 0.482 e. The quantitative estimate of drug-likeness (QED) is 0.687. The number of esters is 1. The van der Waals surface area contributed by atoms with Crippen LogP contribution in [-0.2, 0) is 14.3 Å². The summed E-state index contributed by atoms with van der Waals surface area (Å²) in [6.45, 7) is 8.59. The van der Waals surface area contributed by atoms with Crippen LogP contribution in [0.5, 0.6) is 5.75 Å². The minimum absolute atomic E-state index is 0.111. The first-order valence-electron chi connectivity index (χ1n) is 8.52. The molecule has 0 aromatic heterocycles. The van der Waals surface area contributed by atoms with Gasteiger partial charge in [-0.25, -0.2) is 9.59 Å². The third-order valence-corrected chi connectivity index (χ3v) is 3.62. The highest BCUT2D eigenvalue weighted by atomic mass is 16.6. The topological polar surface area (TPSA) is 102 Å². The Bertz CT molecular complexity index is 650. The number of amides is 1. The van der Waals surface area contributed by atoms with E-state index in [2.05, 4.69) is 5.32 Å². The minimum Gasteiger partial charge on any atom is -0.482 e. The van der Waals surface area contributed by atoms with Crippen molar-refractivity contribution in [3.05, 3.63) is 29.8 Å². The van der Waals surface area contributed by atoms with Crippen LogP contribution in [0.25, 0.3) is 0 Å². The van der Waals surface area contributed by atoms with E-state index in [-0.39, 0.29) is 17.2 Å². The molecule has 1 amide bonds. The van der Waals surface area contributed by atoms with E-state index in [0.29, 0.717) is 6.42 Å². The molecule has 0 spiro atoms. The molecule has 2 atom stereocenters. The normalized spacial score (nSPS) is 13.4. The molecule has 0 fully saturated rings. The fourth-order valence-electron chi connectivity index (χ4n) is 2.13. The Hall–Kier alpha value is -2.57. The third kappa shape index (κ3) is 7.13. The van der Waals surface area contributed by atoms with Gasteiger partial charge in [0.1, 0.15) is 17.4 Å². The molecule has 0 radical (unpaired) electrons. The lowest BCUT2D eigenvalue weighted by molar-refractivity contribution is -0.158. The molecule has 0 aliphatic carbocycles. The van der Waals surface area contributed by atoms with Crippen molar-refractivity contribution >= 4 is 17.8 Å². The molecule has 0 unspecified atom stereocenters. The van der Waals surface area contributed by atoms with Crippen LogP contribution in [0.3, 0.4) is 0 Å². The Morgan fingerprint density at radius 1 is 1.23 bits per heavy atom. The summed E-state index contributed by atoms with van der Waals surface area (Å²) >= 11 is 0. The van der Waals surface area contributed by atoms with Crippen molar-refractivity contribution in [3.63, 3.8) is 0 Å². The standard InChI is InChI=1S/C19H27NO6/c1-6-12(2)16(18(24)26-19(3,4)5)20-17(23)13-8-7-9-14(10-13)25-11-15(21)22/h7-10,12,16H,6,11H2,1-5H3,(H,20,23)(H,21,22)/t12-,16-/m0/s1. The Balaban J connectivity index is 2.91. The van der Waals surface area contributed by atoms with Gasteiger partial charge in [-0.05, 0) is 44.9 Å². The first-order valence-corrected chi connectivity index (χ1v) is 8.52. The van der Waals surface area contributed by atoms with Crippen LogP contribution in [0.2, 0.25) is 0 Å². The van der Waals surface area contributed by atoms with Gasteiger partial charge in [0, 0.05) is 5.56 Å². The molecular weight excluding hydrogens is 338 g/mol. The van der Waals surface area contributed by atoms with Crippen LogP contribution in [-0.4, -0.2) is 41.2 Å². The first kappa shape index (κ1) is 21.5. The highest BCUT2D eigenvalue weighted by Crippen LogP contribution is 2.17. The fourth-order valence-corrected chi connectivity index (χ4v) is 2.13. The molecular formula is C19H27NO6. The molecule has 1 aromatic carbocycles. The number of nitrogens with one attached hydrogen (secondary N) is 1. The van der Waals surface area contributed by atoms with Crippen LogP contribution in [0, 0.1) is 5.92 Å². The van der Waals surface area contributed by atoms with Gasteiger partial charge >= 0.3 is 11.9 Å². The number of carbonyl (C=O) groups is 3. The molecule has 144 valence electrons. The van der Waals surface area contributed by atoms with Gasteiger partial charge in [0.25, 0.3) is 5.91 Å². The number of carboxylic acids is 1. The van der Waals surface area contributed by atoms with Gasteiger partial charge in [0.05, 0.1) is 0 Å². The smallest absolute Gasteiger partial charge is 0.341 e. The SMILES string of the molecule is CC[C@H](C)[C@H](NC(=O)c1cccc(OCC(=O)O)c1)C(=O)OC(C)(C)C. The van der Waals surface area contributed by atoms with E-state index in [1.165, 1.54) is 6.07 Å². The summed E-state index contributed by atoms with van der Waals surface area (Å²) in [5.74, 6) is -1.90. The van der Waals surface area contributed by atoms with Crippen molar-refractivity contribution in [3.8, 4) is 5.75 Å². The van der Waals surface area contributed by atoms with Crippen LogP contribution < -0.4 is 10.1 Å². The molecule has 0 aliphatic rings. The van der Waals surface area contributed by atoms with Gasteiger partial charge in [0.2, 0.25) is 0 Å². The van der Waals surface area contributed by atoms with Crippen molar-refractivity contribution in [2.45, 2.75) is 52.7 Å². The zero-order valence-electron chi connectivity index (χ0n) is 15.9. The molecule has 1 aromatic rings. The fraction of sp³-hybridized carbons (Fsp3) is 0.526. The Kier molecular flexibility index (Phi) is 7.61. The lowest BCUT2D eigenvalue weighted by Gasteiger charge is -2.27. The number of benzene rings is 1. The van der Waals surface area contributed by atoms with Crippen LogP contribution in [0.15, 0.2) is 24.3 Å². The summed E-state index contributed by atoms with van der Waals surface area (Å²) in [5, 5.41) is 11.4. The molecule has 7 heteroatoms. The summed E-state index contributed by atoms with van der Waals surface area (Å²) in [6, 6.07) is 5.35. The molecule has 0 saturated carbocycles. The van der Waals surface area contributed by atoms with Gasteiger partial charge in [-0.3, -0.25) is 4.79 Å². The number of rotatable bonds is 8. The summed E-state index contributed by atoms with van der Waals surface area (Å²) in [6.07, 6.45) is 0.686. The van der Waals surface area contributed by atoms with E-state index in [0.717, 1.165) is 0 Å². The molecule has 0 saturated heterocycles. The van der Waals surface area contributed by atoms with E-state index < -0.39 is 36.1 Å². The zero-order chi connectivity index (χ0) is 19.9. The Labute approximate surface area is 153 Å². The predicted octanol–water partition coefficient (Wildman–Crippen LogP) is 2.64. The molecule has 0 heterocycles. The number of hydrogen-bond acceptors (Lipinski definition) is 5. The van der Waals surface area contributed by atoms with E-state index in [4.69, 9.17) is 14.6 Å². The van der Waals surface area contributed by atoms with Gasteiger partial charge in [-0.1, -0.05) is 26.3 Å². The third-order valence-electron chi connectivity index (χ3n) is 3.62. The number of carbonyl (C=O) groups excluding carboxylic acids is 2. The van der Waals surface area contributed by atoms with E-state index in [1.807, 2.05) is 13.8 Å². The second kappa shape index (κ2) is 9.22. The number of ether oxygens (including phenoxy) is 2. The minimum atomic E-state index is -1.11. The highest BCUT2D eigenvalue weighted by Gasteiger charge is 2.30. The molecule has 0 aliphatic heterocycles. The van der Waals surface area contributed by atoms with Gasteiger partial charge < -0.3 is 19.9 Å². The highest BCUT2D eigenvalue weighted by molar-refractivity contribution is 5.97. The van der Waals surface area contributed by atoms with Crippen LogP contribution >= 0.6 is 0 Å². The Morgan fingerprint density at radius 2 is 1.88 bits per heavy atom. The van der Waals surface area contributed by atoms with Crippen molar-refractivity contribution in [1.29, 1.82) is 0 Å². The van der Waals surface area contributed by atoms with E-state index >= 15 is 0 Å². The average molecular weight is 365 g/mol. The van der Waals surface area contributed by atoms with E-state index in [9.17, 15) is 14.4 Å². The number of hydrogen-bond donors (Lipinski definition) is 2. The maximum atomic E-state index is 12.5. The predicted molar refractivity (Wildman–Crippen MR) is 96.1 cm³/mol. The van der Waals surface area contributed by atoms with Crippen molar-refractivity contribution in [2.24, 2.45) is 5.92 Å². The first-order chi connectivity index (χ1) is 12.0. The molecule has 26 heavy (non-hydrogen) atoms. The lowest BCUT2D eigenvalue weighted by Crippen LogP contribution is -2.47. The zero-order valence-corrected chi connectivity index (χ0v) is 15.9. The van der Waals surface area contributed by atoms with Gasteiger partial charge in [0.15, 0.2) is 6.61 Å². The maximum Gasteiger partial charge on any atom is 0.341 e. The summed E-state index contributed by atoms with van der Waals surface area (Å²) < 4.78 is 10.5. The number of aliphatic carboxylic acids is 1. The molecule has 1 rings (SSSR count). The second-order valence-electron chi connectivity index (χ2n) is 7.08. The molecule has 7 nitrogen and oxygen atoms in total. The summed E-state index contributed by atoms with van der Waals surface area (Å²) in [4.78, 5) is 35.6. The number of carboxylic acid groups (broad SMARTS) is 1. The second-order valence-corrected chi connectivity index (χ2v) is 7.08.